The van der Waals surface area contributed by atoms with E-state index in [0.717, 1.165) is 12.8 Å². The fraction of sp³-hybridized carbons (Fsp3) is 0.923. The number of carboxylic acid groups (broad SMARTS) is 1. The molecule has 0 saturated heterocycles. The molecule has 0 aromatic heterocycles. The molecule has 0 radical (unpaired) electrons. The van der Waals surface area contributed by atoms with E-state index in [2.05, 4.69) is 6.92 Å². The van der Waals surface area contributed by atoms with E-state index in [4.69, 9.17) is 14.6 Å². The molecule has 0 aromatic carbocycles. The largest absolute Gasteiger partial charge is 0.479 e. The van der Waals surface area contributed by atoms with E-state index >= 15 is 0 Å². The normalized spacial score (nSPS) is 16.5. The van der Waals surface area contributed by atoms with Crippen molar-refractivity contribution in [3.05, 3.63) is 0 Å². The van der Waals surface area contributed by atoms with Crippen LogP contribution in [0.15, 0.2) is 0 Å². The predicted molar refractivity (Wildman–Crippen MR) is 67.2 cm³/mol. The molecule has 4 nitrogen and oxygen atoms in total. The van der Waals surface area contributed by atoms with E-state index in [9.17, 15) is 4.79 Å². The maximum absolute atomic E-state index is 11.1. The van der Waals surface area contributed by atoms with Gasteiger partial charge in [0.15, 0.2) is 5.60 Å². The second kappa shape index (κ2) is 8.48. The van der Waals surface area contributed by atoms with Crippen molar-refractivity contribution in [1.29, 1.82) is 0 Å². The lowest BCUT2D eigenvalue weighted by atomic mass is 10.1. The monoisotopic (exact) mass is 246 g/mol. The van der Waals surface area contributed by atoms with E-state index in [0.29, 0.717) is 0 Å². The summed E-state index contributed by atoms with van der Waals surface area (Å²) in [6.07, 6.45) is 5.53. The highest BCUT2D eigenvalue weighted by Gasteiger charge is 2.35. The smallest absolute Gasteiger partial charge is 0.338 e. The van der Waals surface area contributed by atoms with Crippen LogP contribution in [0.2, 0.25) is 0 Å². The molecule has 17 heavy (non-hydrogen) atoms. The summed E-state index contributed by atoms with van der Waals surface area (Å²) in [4.78, 5) is 11.1. The minimum absolute atomic E-state index is 0.0527. The summed E-state index contributed by atoms with van der Waals surface area (Å²) < 4.78 is 10.5. The third-order valence-corrected chi connectivity index (χ3v) is 2.80. The minimum Gasteiger partial charge on any atom is -0.479 e. The lowest BCUT2D eigenvalue weighted by molar-refractivity contribution is -0.178. The third kappa shape index (κ3) is 6.64. The fourth-order valence-electron chi connectivity index (χ4n) is 1.78. The average molecular weight is 246 g/mol. The van der Waals surface area contributed by atoms with Crippen molar-refractivity contribution in [2.24, 2.45) is 0 Å². The number of aliphatic carboxylic acids is 1. The van der Waals surface area contributed by atoms with Gasteiger partial charge in [-0.3, -0.25) is 0 Å². The van der Waals surface area contributed by atoms with Crippen LogP contribution in [-0.4, -0.2) is 36.5 Å². The molecule has 0 aliphatic carbocycles. The van der Waals surface area contributed by atoms with Crippen LogP contribution in [-0.2, 0) is 14.3 Å². The first kappa shape index (κ1) is 16.4. The van der Waals surface area contributed by atoms with Gasteiger partial charge in [-0.05, 0) is 20.3 Å². The van der Waals surface area contributed by atoms with Crippen molar-refractivity contribution >= 4 is 5.97 Å². The first-order chi connectivity index (χ1) is 7.96. The Morgan fingerprint density at radius 1 is 1.35 bits per heavy atom. The molecule has 0 fully saturated rings. The molecule has 0 aromatic rings. The lowest BCUT2D eigenvalue weighted by Crippen LogP contribution is -2.45. The van der Waals surface area contributed by atoms with Gasteiger partial charge in [-0.2, -0.15) is 0 Å². The van der Waals surface area contributed by atoms with Crippen LogP contribution in [0, 0.1) is 0 Å². The van der Waals surface area contributed by atoms with Crippen molar-refractivity contribution in [3.8, 4) is 0 Å². The summed E-state index contributed by atoms with van der Waals surface area (Å²) >= 11 is 0. The SMILES string of the molecule is CCCCCCC(C)OC(C)(COC)C(=O)O. The number of carboxylic acids is 1. The zero-order valence-electron chi connectivity index (χ0n) is 11.5. The van der Waals surface area contributed by atoms with Gasteiger partial charge in [-0.15, -0.1) is 0 Å². The molecule has 0 spiro atoms. The highest BCUT2D eigenvalue weighted by Crippen LogP contribution is 2.18. The molecular weight excluding hydrogens is 220 g/mol. The van der Waals surface area contributed by atoms with Crippen molar-refractivity contribution in [3.63, 3.8) is 0 Å². The van der Waals surface area contributed by atoms with Crippen LogP contribution in [0.1, 0.15) is 52.9 Å². The zero-order chi connectivity index (χ0) is 13.3. The van der Waals surface area contributed by atoms with Crippen LogP contribution in [0.5, 0.6) is 0 Å². The van der Waals surface area contributed by atoms with Crippen LogP contribution < -0.4 is 0 Å². The second-order valence-electron chi connectivity index (χ2n) is 4.75. The molecule has 0 heterocycles. The molecule has 0 amide bonds. The van der Waals surface area contributed by atoms with Gasteiger partial charge in [0.1, 0.15) is 0 Å². The first-order valence-electron chi connectivity index (χ1n) is 6.36. The van der Waals surface area contributed by atoms with Gasteiger partial charge in [0.05, 0.1) is 12.7 Å². The summed E-state index contributed by atoms with van der Waals surface area (Å²) in [5.74, 6) is -0.972. The van der Waals surface area contributed by atoms with Crippen molar-refractivity contribution in [1.82, 2.24) is 0 Å². The highest BCUT2D eigenvalue weighted by atomic mass is 16.6. The number of carbonyl (C=O) groups is 1. The van der Waals surface area contributed by atoms with Gasteiger partial charge in [0.25, 0.3) is 0 Å². The standard InChI is InChI=1S/C13H26O4/c1-5-6-7-8-9-11(2)17-13(3,10-16-4)12(14)15/h11H,5-10H2,1-4H3,(H,14,15). The number of unbranched alkanes of at least 4 members (excludes halogenated alkanes) is 3. The maximum Gasteiger partial charge on any atom is 0.338 e. The van der Waals surface area contributed by atoms with Crippen molar-refractivity contribution in [2.45, 2.75) is 64.6 Å². The van der Waals surface area contributed by atoms with Gasteiger partial charge >= 0.3 is 5.97 Å². The third-order valence-electron chi connectivity index (χ3n) is 2.80. The number of hydrogen-bond donors (Lipinski definition) is 1. The van der Waals surface area contributed by atoms with Crippen molar-refractivity contribution < 1.29 is 19.4 Å². The molecule has 0 bridgehead atoms. The Morgan fingerprint density at radius 2 is 2.00 bits per heavy atom. The van der Waals surface area contributed by atoms with Gasteiger partial charge in [-0.25, -0.2) is 4.79 Å². The topological polar surface area (TPSA) is 55.8 Å². The lowest BCUT2D eigenvalue weighted by Gasteiger charge is -2.28. The number of methoxy groups -OCH3 is 1. The summed E-state index contributed by atoms with van der Waals surface area (Å²) in [5, 5.41) is 9.12. The molecule has 0 aliphatic heterocycles. The fourth-order valence-corrected chi connectivity index (χ4v) is 1.78. The average Bonchev–Trinajstić information content (AvgIpc) is 2.24. The Morgan fingerprint density at radius 3 is 2.47 bits per heavy atom. The Kier molecular flexibility index (Phi) is 8.17. The molecule has 0 rings (SSSR count). The van der Waals surface area contributed by atoms with Gasteiger partial charge < -0.3 is 14.6 Å². The van der Waals surface area contributed by atoms with E-state index in [1.807, 2.05) is 6.92 Å². The van der Waals surface area contributed by atoms with E-state index < -0.39 is 11.6 Å². The molecule has 2 atom stereocenters. The Hall–Kier alpha value is -0.610. The Balaban J connectivity index is 4.04. The van der Waals surface area contributed by atoms with E-state index in [1.54, 1.807) is 6.92 Å². The molecule has 2 unspecified atom stereocenters. The summed E-state index contributed by atoms with van der Waals surface area (Å²) in [7, 11) is 1.48. The highest BCUT2D eigenvalue weighted by molar-refractivity contribution is 5.77. The molecule has 0 aliphatic rings. The number of ether oxygens (including phenoxy) is 2. The summed E-state index contributed by atoms with van der Waals surface area (Å²) in [6, 6.07) is 0. The van der Waals surface area contributed by atoms with Crippen LogP contribution >= 0.6 is 0 Å². The zero-order valence-corrected chi connectivity index (χ0v) is 11.5. The quantitative estimate of drug-likeness (QED) is 0.602. The second-order valence-corrected chi connectivity index (χ2v) is 4.75. The van der Waals surface area contributed by atoms with Crippen LogP contribution in [0.4, 0.5) is 0 Å². The predicted octanol–water partition coefficient (Wildman–Crippen LogP) is 2.85. The molecule has 4 heteroatoms. The Labute approximate surface area is 104 Å². The Bertz CT molecular complexity index is 217. The van der Waals surface area contributed by atoms with Crippen molar-refractivity contribution in [2.75, 3.05) is 13.7 Å². The van der Waals surface area contributed by atoms with E-state index in [1.165, 1.54) is 26.4 Å². The molecule has 102 valence electrons. The summed E-state index contributed by atoms with van der Waals surface area (Å²) in [6.45, 7) is 5.71. The molecular formula is C13H26O4. The summed E-state index contributed by atoms with van der Waals surface area (Å²) in [5.41, 5.74) is -1.24. The van der Waals surface area contributed by atoms with E-state index in [-0.39, 0.29) is 12.7 Å². The van der Waals surface area contributed by atoms with Crippen LogP contribution in [0.3, 0.4) is 0 Å². The minimum atomic E-state index is -1.24. The maximum atomic E-state index is 11.1. The number of hydrogen-bond acceptors (Lipinski definition) is 3. The van der Waals surface area contributed by atoms with Crippen LogP contribution in [0.25, 0.3) is 0 Å². The van der Waals surface area contributed by atoms with Gasteiger partial charge in [-0.1, -0.05) is 32.6 Å². The number of rotatable bonds is 10. The van der Waals surface area contributed by atoms with Gasteiger partial charge in [0.2, 0.25) is 0 Å². The van der Waals surface area contributed by atoms with Gasteiger partial charge in [0, 0.05) is 7.11 Å². The molecule has 0 saturated carbocycles. The molecule has 1 N–H and O–H groups in total. The first-order valence-corrected chi connectivity index (χ1v) is 6.36.